The third-order valence-electron chi connectivity index (χ3n) is 2.57. The molecule has 0 aliphatic heterocycles. The molecule has 122 valence electrons. The van der Waals surface area contributed by atoms with Gasteiger partial charge in [-0.05, 0) is 27.2 Å². The molecule has 0 radical (unpaired) electrons. The normalized spacial score (nSPS) is 13.3. The van der Waals surface area contributed by atoms with Crippen LogP contribution < -0.4 is 5.73 Å². The van der Waals surface area contributed by atoms with Gasteiger partial charge in [-0.3, -0.25) is 4.79 Å². The molecule has 8 nitrogen and oxygen atoms in total. The average molecular weight is 305 g/mol. The molecule has 0 aliphatic carbocycles. The summed E-state index contributed by atoms with van der Waals surface area (Å²) in [7, 11) is 2.04. The predicted molar refractivity (Wildman–Crippen MR) is 72.0 cm³/mol. The maximum atomic E-state index is 11.7. The highest BCUT2D eigenvalue weighted by atomic mass is 16.6. The third kappa shape index (κ3) is 5.68. The van der Waals surface area contributed by atoms with Crippen LogP contribution in [-0.4, -0.2) is 54.5 Å². The lowest BCUT2D eigenvalue weighted by Crippen LogP contribution is -2.49. The zero-order chi connectivity index (χ0) is 16.8. The number of ether oxygens (including phenoxy) is 3. The zero-order valence-corrected chi connectivity index (χ0v) is 13.0. The maximum absolute atomic E-state index is 11.7. The summed E-state index contributed by atoms with van der Waals surface area (Å²) < 4.78 is 13.8. The van der Waals surface area contributed by atoms with E-state index in [0.717, 1.165) is 14.2 Å². The second kappa shape index (κ2) is 7.37. The van der Waals surface area contributed by atoms with Crippen LogP contribution in [0.1, 0.15) is 33.6 Å². The van der Waals surface area contributed by atoms with Crippen LogP contribution in [0.15, 0.2) is 0 Å². The highest BCUT2D eigenvalue weighted by Gasteiger charge is 2.47. The summed E-state index contributed by atoms with van der Waals surface area (Å²) in [6, 6.07) is -1.09. The van der Waals surface area contributed by atoms with Crippen molar-refractivity contribution in [1.29, 1.82) is 0 Å². The summed E-state index contributed by atoms with van der Waals surface area (Å²) in [6.45, 7) is 5.03. The minimum absolute atomic E-state index is 0.157. The van der Waals surface area contributed by atoms with Crippen LogP contribution in [0.25, 0.3) is 0 Å². The van der Waals surface area contributed by atoms with Crippen LogP contribution in [0.4, 0.5) is 0 Å². The van der Waals surface area contributed by atoms with Crippen molar-refractivity contribution in [2.24, 2.45) is 5.73 Å². The first-order chi connectivity index (χ1) is 9.47. The molecule has 0 spiro atoms. The zero-order valence-electron chi connectivity index (χ0n) is 13.0. The largest absolute Gasteiger partial charge is 0.466 e. The fourth-order valence-electron chi connectivity index (χ4n) is 1.48. The molecule has 21 heavy (non-hydrogen) atoms. The predicted octanol–water partition coefficient (Wildman–Crippen LogP) is -0.487. The molecule has 0 saturated heterocycles. The summed E-state index contributed by atoms with van der Waals surface area (Å²) >= 11 is 0. The summed E-state index contributed by atoms with van der Waals surface area (Å²) in [5.74, 6) is -3.05. The van der Waals surface area contributed by atoms with Crippen molar-refractivity contribution in [3.05, 3.63) is 0 Å². The highest BCUT2D eigenvalue weighted by molar-refractivity contribution is 6.03. The molecule has 0 aromatic carbocycles. The van der Waals surface area contributed by atoms with Crippen molar-refractivity contribution in [2.75, 3.05) is 14.2 Å². The van der Waals surface area contributed by atoms with E-state index in [1.165, 1.54) is 0 Å². The van der Waals surface area contributed by atoms with E-state index in [4.69, 9.17) is 10.5 Å². The fraction of sp³-hybridized carbons (Fsp3) is 0.769. The first-order valence-corrected chi connectivity index (χ1v) is 6.35. The number of hydrogen-bond donors (Lipinski definition) is 2. The molecule has 0 fully saturated rings. The Morgan fingerprint density at radius 3 is 1.86 bits per heavy atom. The Morgan fingerprint density at radius 2 is 1.52 bits per heavy atom. The van der Waals surface area contributed by atoms with E-state index < -0.39 is 41.6 Å². The van der Waals surface area contributed by atoms with Crippen molar-refractivity contribution < 1.29 is 33.7 Å². The molecule has 0 rings (SSSR count). The van der Waals surface area contributed by atoms with Crippen LogP contribution in [0.5, 0.6) is 0 Å². The smallest absolute Gasteiger partial charge is 0.349 e. The second-order valence-electron chi connectivity index (χ2n) is 5.52. The number of aliphatic hydroxyl groups is 1. The molecule has 0 bridgehead atoms. The van der Waals surface area contributed by atoms with Crippen molar-refractivity contribution in [2.45, 2.75) is 50.9 Å². The van der Waals surface area contributed by atoms with Crippen molar-refractivity contribution in [3.8, 4) is 0 Å². The third-order valence-corrected chi connectivity index (χ3v) is 2.57. The van der Waals surface area contributed by atoms with E-state index >= 15 is 0 Å². The molecule has 0 aromatic rings. The van der Waals surface area contributed by atoms with E-state index in [1.807, 2.05) is 0 Å². The first kappa shape index (κ1) is 19.3. The van der Waals surface area contributed by atoms with Crippen LogP contribution in [-0.2, 0) is 28.6 Å². The van der Waals surface area contributed by atoms with Crippen LogP contribution in [0, 0.1) is 0 Å². The van der Waals surface area contributed by atoms with Crippen molar-refractivity contribution >= 4 is 17.9 Å². The molecular weight excluding hydrogens is 282 g/mol. The lowest BCUT2D eigenvalue weighted by Gasteiger charge is -2.25. The van der Waals surface area contributed by atoms with Crippen LogP contribution in [0.2, 0.25) is 0 Å². The maximum Gasteiger partial charge on any atom is 0.349 e. The minimum Gasteiger partial charge on any atom is -0.466 e. The number of carbonyl (C=O) groups excluding carboxylic acids is 3. The number of hydrogen-bond acceptors (Lipinski definition) is 8. The van der Waals surface area contributed by atoms with E-state index in [1.54, 1.807) is 20.8 Å². The van der Waals surface area contributed by atoms with Gasteiger partial charge in [-0.25, -0.2) is 9.59 Å². The Balaban J connectivity index is 4.81. The van der Waals surface area contributed by atoms with Crippen LogP contribution >= 0.6 is 0 Å². The Hall–Kier alpha value is -1.67. The van der Waals surface area contributed by atoms with Gasteiger partial charge in [0.05, 0.1) is 14.2 Å². The van der Waals surface area contributed by atoms with Gasteiger partial charge in [0.1, 0.15) is 11.6 Å². The van der Waals surface area contributed by atoms with Gasteiger partial charge >= 0.3 is 17.9 Å². The summed E-state index contributed by atoms with van der Waals surface area (Å²) in [5, 5.41) is 10.1. The van der Waals surface area contributed by atoms with Gasteiger partial charge in [-0.1, -0.05) is 0 Å². The van der Waals surface area contributed by atoms with Gasteiger partial charge in [-0.2, -0.15) is 0 Å². The molecule has 3 N–H and O–H groups in total. The Kier molecular flexibility index (Phi) is 6.78. The first-order valence-electron chi connectivity index (χ1n) is 6.35. The molecule has 1 atom stereocenters. The van der Waals surface area contributed by atoms with Gasteiger partial charge < -0.3 is 25.1 Å². The lowest BCUT2D eigenvalue weighted by atomic mass is 9.95. The monoisotopic (exact) mass is 305 g/mol. The van der Waals surface area contributed by atoms with Gasteiger partial charge in [0, 0.05) is 6.42 Å². The Morgan fingerprint density at radius 1 is 1.10 bits per heavy atom. The number of rotatable bonds is 6. The van der Waals surface area contributed by atoms with Crippen LogP contribution in [0.3, 0.4) is 0 Å². The SMILES string of the molecule is COC(=O)C(O)(CCC(N)C(=O)OC(C)(C)C)C(=O)OC. The highest BCUT2D eigenvalue weighted by Crippen LogP contribution is 2.19. The molecule has 1 unspecified atom stereocenters. The van der Waals surface area contributed by atoms with E-state index in [2.05, 4.69) is 9.47 Å². The topological polar surface area (TPSA) is 125 Å². The number of carbonyl (C=O) groups is 3. The van der Waals surface area contributed by atoms with E-state index in [-0.39, 0.29) is 6.42 Å². The van der Waals surface area contributed by atoms with Gasteiger partial charge in [0.2, 0.25) is 0 Å². The Bertz CT molecular complexity index is 384. The fourth-order valence-corrected chi connectivity index (χ4v) is 1.48. The molecule has 0 aromatic heterocycles. The van der Waals surface area contributed by atoms with Gasteiger partial charge in [-0.15, -0.1) is 0 Å². The summed E-state index contributed by atoms with van der Waals surface area (Å²) in [4.78, 5) is 34.7. The molecule has 0 heterocycles. The quantitative estimate of drug-likeness (QED) is 0.382. The standard InChI is InChI=1S/C13H23NO7/c1-12(2,3)21-9(15)8(14)6-7-13(18,10(16)19-4)11(17)20-5/h8,18H,6-7,14H2,1-5H3. The lowest BCUT2D eigenvalue weighted by molar-refractivity contribution is -0.182. The molecule has 8 heteroatoms. The minimum atomic E-state index is -2.50. The number of nitrogens with two attached hydrogens (primary N) is 1. The van der Waals surface area contributed by atoms with Gasteiger partial charge in [0.15, 0.2) is 0 Å². The van der Waals surface area contributed by atoms with E-state index in [0.29, 0.717) is 0 Å². The molecule has 0 saturated carbocycles. The molecular formula is C13H23NO7. The summed E-state index contributed by atoms with van der Waals surface area (Å²) in [6.07, 6.45) is -0.581. The molecule has 0 amide bonds. The van der Waals surface area contributed by atoms with Crippen molar-refractivity contribution in [3.63, 3.8) is 0 Å². The summed E-state index contributed by atoms with van der Waals surface area (Å²) in [5.41, 5.74) is 2.42. The van der Waals surface area contributed by atoms with Crippen molar-refractivity contribution in [1.82, 2.24) is 0 Å². The number of esters is 3. The van der Waals surface area contributed by atoms with Gasteiger partial charge in [0.25, 0.3) is 5.60 Å². The number of methoxy groups -OCH3 is 2. The average Bonchev–Trinajstić information content (AvgIpc) is 2.40. The Labute approximate surface area is 123 Å². The van der Waals surface area contributed by atoms with E-state index in [9.17, 15) is 19.5 Å². The molecule has 0 aliphatic rings. The second-order valence-corrected chi connectivity index (χ2v) is 5.52.